The summed E-state index contributed by atoms with van der Waals surface area (Å²) in [7, 11) is 0. The van der Waals surface area contributed by atoms with Crippen LogP contribution in [-0.2, 0) is 16.3 Å². The van der Waals surface area contributed by atoms with Crippen molar-refractivity contribution in [3.8, 4) is 5.75 Å². The molecule has 1 aromatic carbocycles. The van der Waals surface area contributed by atoms with Crippen molar-refractivity contribution in [2.75, 3.05) is 18.0 Å². The van der Waals surface area contributed by atoms with Gasteiger partial charge in [0.1, 0.15) is 12.5 Å². The third kappa shape index (κ3) is 3.59. The van der Waals surface area contributed by atoms with Crippen LogP contribution in [0.3, 0.4) is 0 Å². The molecule has 2 aliphatic heterocycles. The van der Waals surface area contributed by atoms with Crippen LogP contribution in [0.25, 0.3) is 0 Å². The Kier molecular flexibility index (Phi) is 5.02. The third-order valence-corrected chi connectivity index (χ3v) is 5.80. The van der Waals surface area contributed by atoms with Crippen LogP contribution >= 0.6 is 0 Å². The van der Waals surface area contributed by atoms with E-state index >= 15 is 4.39 Å². The molecule has 154 valence electrons. The van der Waals surface area contributed by atoms with E-state index in [4.69, 9.17) is 4.74 Å². The Hall–Kier alpha value is -2.90. The topological polar surface area (TPSA) is 67.7 Å². The minimum atomic E-state index is -0.769. The number of halogens is 1. The molecule has 0 aliphatic carbocycles. The summed E-state index contributed by atoms with van der Waals surface area (Å²) in [4.78, 5) is 32.2. The highest BCUT2D eigenvalue weighted by Gasteiger charge is 2.35. The van der Waals surface area contributed by atoms with E-state index in [-0.39, 0.29) is 30.2 Å². The zero-order valence-electron chi connectivity index (χ0n) is 16.9. The molecule has 2 amide bonds. The van der Waals surface area contributed by atoms with E-state index in [2.05, 4.69) is 4.98 Å². The van der Waals surface area contributed by atoms with Crippen molar-refractivity contribution in [2.45, 2.75) is 52.3 Å². The summed E-state index contributed by atoms with van der Waals surface area (Å²) in [5.41, 5.74) is 1.21. The second-order valence-corrected chi connectivity index (χ2v) is 7.77. The van der Waals surface area contributed by atoms with Gasteiger partial charge in [-0.25, -0.2) is 9.37 Å². The number of ether oxygens (including phenoxy) is 1. The van der Waals surface area contributed by atoms with Gasteiger partial charge >= 0.3 is 0 Å². The largest absolute Gasteiger partial charge is 0.476 e. The summed E-state index contributed by atoms with van der Waals surface area (Å²) in [5, 5.41) is 0. The van der Waals surface area contributed by atoms with Crippen molar-refractivity contribution in [3.05, 3.63) is 41.7 Å². The van der Waals surface area contributed by atoms with Gasteiger partial charge in [-0.1, -0.05) is 0 Å². The maximum absolute atomic E-state index is 15.0. The van der Waals surface area contributed by atoms with Gasteiger partial charge in [0, 0.05) is 38.3 Å². The van der Waals surface area contributed by atoms with E-state index < -0.39 is 11.9 Å². The van der Waals surface area contributed by atoms with Crippen molar-refractivity contribution in [3.63, 3.8) is 0 Å². The molecule has 0 spiro atoms. The molecule has 1 unspecified atom stereocenters. The van der Waals surface area contributed by atoms with E-state index in [1.165, 1.54) is 6.07 Å². The summed E-state index contributed by atoms with van der Waals surface area (Å²) in [5.74, 6) is 0.203. The molecule has 2 aromatic rings. The lowest BCUT2D eigenvalue weighted by Gasteiger charge is -2.36. The molecule has 29 heavy (non-hydrogen) atoms. The molecule has 3 heterocycles. The Morgan fingerprint density at radius 1 is 1.38 bits per heavy atom. The van der Waals surface area contributed by atoms with Gasteiger partial charge < -0.3 is 14.2 Å². The number of carbonyl (C=O) groups is 2. The van der Waals surface area contributed by atoms with Crippen molar-refractivity contribution >= 4 is 17.5 Å². The predicted molar refractivity (Wildman–Crippen MR) is 105 cm³/mol. The first-order chi connectivity index (χ1) is 13.8. The summed E-state index contributed by atoms with van der Waals surface area (Å²) in [6.45, 7) is 6.55. The number of fused-ring (bicyclic) bond motifs is 1. The second-order valence-electron chi connectivity index (χ2n) is 7.77. The minimum Gasteiger partial charge on any atom is -0.476 e. The van der Waals surface area contributed by atoms with Gasteiger partial charge in [0.15, 0.2) is 17.7 Å². The number of hydrogen-bond donors (Lipinski definition) is 0. The Balaban J connectivity index is 1.72. The molecule has 0 saturated carbocycles. The Bertz CT molecular complexity index is 957. The number of benzene rings is 1. The van der Waals surface area contributed by atoms with Crippen molar-refractivity contribution < 1.29 is 18.7 Å². The lowest BCUT2D eigenvalue weighted by atomic mass is 9.89. The van der Waals surface area contributed by atoms with Crippen molar-refractivity contribution in [1.82, 2.24) is 14.5 Å². The number of carbonyl (C=O) groups excluding carboxylic acids is 2. The van der Waals surface area contributed by atoms with Crippen LogP contribution in [0, 0.1) is 12.7 Å². The number of rotatable bonds is 3. The highest BCUT2D eigenvalue weighted by atomic mass is 19.1. The van der Waals surface area contributed by atoms with Crippen molar-refractivity contribution in [2.24, 2.45) is 0 Å². The molecule has 7 nitrogen and oxygen atoms in total. The average Bonchev–Trinajstić information content (AvgIpc) is 3.10. The summed E-state index contributed by atoms with van der Waals surface area (Å²) in [6.07, 6.45) is 4.42. The standard InChI is InChI=1S/C21H25FN4O3/c1-13-21(28)26(12-25-8-6-23-14(25)2)19-10-17(9-18(22)20(19)29-13)16-5-4-7-24(11-16)15(3)27/h6,8-10,13,16H,4-5,7,11-12H2,1-3H3/t13-,16?/m1/s1. The lowest BCUT2D eigenvalue weighted by molar-refractivity contribution is -0.130. The van der Waals surface area contributed by atoms with E-state index in [9.17, 15) is 9.59 Å². The monoisotopic (exact) mass is 400 g/mol. The first-order valence-electron chi connectivity index (χ1n) is 9.90. The normalized spacial score (nSPS) is 21.7. The van der Waals surface area contributed by atoms with Crippen LogP contribution in [0.2, 0.25) is 0 Å². The maximum atomic E-state index is 15.0. The van der Waals surface area contributed by atoms with Crippen LogP contribution in [-0.4, -0.2) is 45.5 Å². The van der Waals surface area contributed by atoms with Crippen LogP contribution in [0.15, 0.2) is 24.5 Å². The fraction of sp³-hybridized carbons (Fsp3) is 0.476. The maximum Gasteiger partial charge on any atom is 0.269 e. The molecular weight excluding hydrogens is 375 g/mol. The van der Waals surface area contributed by atoms with Crippen LogP contribution in [0.5, 0.6) is 5.75 Å². The number of aromatic nitrogens is 2. The van der Waals surface area contributed by atoms with Crippen molar-refractivity contribution in [1.29, 1.82) is 0 Å². The second kappa shape index (κ2) is 7.50. The fourth-order valence-corrected chi connectivity index (χ4v) is 4.10. The van der Waals surface area contributed by atoms with E-state index in [1.54, 1.807) is 36.0 Å². The molecule has 2 aliphatic rings. The van der Waals surface area contributed by atoms with E-state index in [0.717, 1.165) is 30.8 Å². The van der Waals surface area contributed by atoms with Gasteiger partial charge in [-0.2, -0.15) is 0 Å². The highest BCUT2D eigenvalue weighted by Crippen LogP contribution is 2.40. The molecular formula is C21H25FN4O3. The SMILES string of the molecule is CC(=O)N1CCCC(c2cc(F)c3c(c2)N(Cn2ccnc2C)C(=O)[C@@H](C)O3)C1. The molecule has 8 heteroatoms. The van der Waals surface area contributed by atoms with Gasteiger partial charge in [0.2, 0.25) is 5.91 Å². The Labute approximate surface area is 169 Å². The molecule has 0 N–H and O–H groups in total. The molecule has 1 saturated heterocycles. The summed E-state index contributed by atoms with van der Waals surface area (Å²) < 4.78 is 22.4. The molecule has 0 radical (unpaired) electrons. The first-order valence-corrected chi connectivity index (χ1v) is 9.90. The Morgan fingerprint density at radius 2 is 2.17 bits per heavy atom. The fourth-order valence-electron chi connectivity index (χ4n) is 4.10. The minimum absolute atomic E-state index is 0.0256. The molecule has 1 fully saturated rings. The zero-order valence-corrected chi connectivity index (χ0v) is 16.9. The van der Waals surface area contributed by atoms with Gasteiger partial charge in [-0.05, 0) is 44.4 Å². The van der Waals surface area contributed by atoms with Crippen LogP contribution < -0.4 is 9.64 Å². The van der Waals surface area contributed by atoms with Crippen LogP contribution in [0.1, 0.15) is 44.0 Å². The predicted octanol–water partition coefficient (Wildman–Crippen LogP) is 2.83. The summed E-state index contributed by atoms with van der Waals surface area (Å²) >= 11 is 0. The quantitative estimate of drug-likeness (QED) is 0.795. The Morgan fingerprint density at radius 3 is 2.86 bits per heavy atom. The summed E-state index contributed by atoms with van der Waals surface area (Å²) in [6, 6.07) is 3.32. The number of amides is 2. The third-order valence-electron chi connectivity index (χ3n) is 5.80. The number of imidazole rings is 1. The zero-order chi connectivity index (χ0) is 20.7. The number of nitrogens with zero attached hydrogens (tertiary/aromatic N) is 4. The van der Waals surface area contributed by atoms with E-state index in [1.807, 2.05) is 17.6 Å². The lowest BCUT2D eigenvalue weighted by Crippen LogP contribution is -2.45. The molecule has 1 aromatic heterocycles. The molecule has 0 bridgehead atoms. The highest BCUT2D eigenvalue weighted by molar-refractivity contribution is 5.99. The first kappa shape index (κ1) is 19.4. The molecule has 2 atom stereocenters. The number of aryl methyl sites for hydroxylation is 1. The smallest absolute Gasteiger partial charge is 0.269 e. The van der Waals surface area contributed by atoms with Gasteiger partial charge in [0.25, 0.3) is 5.91 Å². The van der Waals surface area contributed by atoms with Gasteiger partial charge in [-0.3, -0.25) is 14.5 Å². The molecule has 4 rings (SSSR count). The van der Waals surface area contributed by atoms with E-state index in [0.29, 0.717) is 12.2 Å². The number of piperidine rings is 1. The van der Waals surface area contributed by atoms with Gasteiger partial charge in [-0.15, -0.1) is 0 Å². The van der Waals surface area contributed by atoms with Gasteiger partial charge in [0.05, 0.1) is 5.69 Å². The average molecular weight is 400 g/mol. The van der Waals surface area contributed by atoms with Crippen LogP contribution in [0.4, 0.5) is 10.1 Å². The number of anilines is 1. The number of hydrogen-bond acceptors (Lipinski definition) is 4. The number of likely N-dealkylation sites (tertiary alicyclic amines) is 1.